The third-order valence-corrected chi connectivity index (χ3v) is 6.83. The lowest BCUT2D eigenvalue weighted by Crippen LogP contribution is -2.30. The van der Waals surface area contributed by atoms with Crippen molar-refractivity contribution in [2.24, 2.45) is 0 Å². The smallest absolute Gasteiger partial charge is 0.215 e. The molecule has 0 radical (unpaired) electrons. The third-order valence-electron chi connectivity index (χ3n) is 5.51. The van der Waals surface area contributed by atoms with Crippen molar-refractivity contribution >= 4 is 20.9 Å². The summed E-state index contributed by atoms with van der Waals surface area (Å²) in [5, 5.41) is 1.03. The van der Waals surface area contributed by atoms with Crippen LogP contribution in [0.5, 0.6) is 11.5 Å². The second-order valence-electron chi connectivity index (χ2n) is 7.52. The third kappa shape index (κ3) is 4.64. The highest BCUT2D eigenvalue weighted by molar-refractivity contribution is 7.88. The first-order chi connectivity index (χ1) is 15.5. The monoisotopic (exact) mass is 450 g/mol. The fourth-order valence-electron chi connectivity index (χ4n) is 4.01. The Morgan fingerprint density at radius 2 is 1.62 bits per heavy atom. The molecule has 0 bridgehead atoms. The van der Waals surface area contributed by atoms with Crippen molar-refractivity contribution in [1.82, 2.24) is 9.71 Å². The largest absolute Gasteiger partial charge is 0.493 e. The minimum Gasteiger partial charge on any atom is -0.493 e. The Hall–Kier alpha value is -3.29. The Kier molecular flexibility index (Phi) is 6.48. The van der Waals surface area contributed by atoms with Crippen molar-refractivity contribution in [2.45, 2.75) is 11.7 Å². The topological polar surface area (TPSA) is 80.4 Å². The molecule has 1 heterocycles. The predicted octanol–water partition coefficient (Wildman–Crippen LogP) is 4.44. The van der Waals surface area contributed by atoms with E-state index in [0.717, 1.165) is 27.6 Å². The molecule has 3 aromatic carbocycles. The van der Waals surface area contributed by atoms with Gasteiger partial charge in [-0.15, -0.1) is 0 Å². The van der Waals surface area contributed by atoms with E-state index >= 15 is 0 Å². The quantitative estimate of drug-likeness (QED) is 0.395. The Morgan fingerprint density at radius 3 is 2.38 bits per heavy atom. The summed E-state index contributed by atoms with van der Waals surface area (Å²) < 4.78 is 39.7. The summed E-state index contributed by atoms with van der Waals surface area (Å²) in [5.41, 5.74) is 3.55. The van der Waals surface area contributed by atoms with Crippen LogP contribution in [0.4, 0.5) is 0 Å². The molecule has 0 saturated heterocycles. The second-order valence-corrected chi connectivity index (χ2v) is 9.32. The van der Waals surface area contributed by atoms with E-state index in [1.165, 1.54) is 0 Å². The van der Waals surface area contributed by atoms with Crippen molar-refractivity contribution in [2.75, 3.05) is 20.8 Å². The Labute approximate surface area is 188 Å². The van der Waals surface area contributed by atoms with E-state index in [-0.39, 0.29) is 18.2 Å². The van der Waals surface area contributed by atoms with Gasteiger partial charge in [0.2, 0.25) is 10.0 Å². The summed E-state index contributed by atoms with van der Waals surface area (Å²) in [6, 6.07) is 22.8. The zero-order chi connectivity index (χ0) is 22.6. The number of hydrogen-bond acceptors (Lipinski definition) is 4. The molecule has 1 aromatic heterocycles. The van der Waals surface area contributed by atoms with Crippen LogP contribution in [0.25, 0.3) is 10.9 Å². The number of nitrogens with one attached hydrogen (secondary N) is 2. The van der Waals surface area contributed by atoms with E-state index < -0.39 is 10.0 Å². The van der Waals surface area contributed by atoms with Crippen molar-refractivity contribution in [3.63, 3.8) is 0 Å². The molecule has 6 nitrogen and oxygen atoms in total. The summed E-state index contributed by atoms with van der Waals surface area (Å²) in [5.74, 6) is 0.820. The van der Waals surface area contributed by atoms with Gasteiger partial charge in [-0.2, -0.15) is 0 Å². The van der Waals surface area contributed by atoms with Crippen LogP contribution in [0.3, 0.4) is 0 Å². The number of ether oxygens (including phenoxy) is 2. The molecule has 0 aliphatic carbocycles. The van der Waals surface area contributed by atoms with Crippen LogP contribution in [0.2, 0.25) is 0 Å². The summed E-state index contributed by atoms with van der Waals surface area (Å²) in [6.07, 6.45) is 1.93. The number of hydrogen-bond donors (Lipinski definition) is 2. The fraction of sp³-hybridized carbons (Fsp3) is 0.200. The molecule has 0 spiro atoms. The molecule has 0 aliphatic rings. The average molecular weight is 451 g/mol. The molecule has 0 saturated carbocycles. The molecule has 2 N–H and O–H groups in total. The van der Waals surface area contributed by atoms with Gasteiger partial charge in [0.25, 0.3) is 0 Å². The summed E-state index contributed by atoms with van der Waals surface area (Å²) in [4.78, 5) is 3.29. The lowest BCUT2D eigenvalue weighted by molar-refractivity contribution is 0.350. The lowest BCUT2D eigenvalue weighted by Gasteiger charge is -2.22. The molecule has 1 unspecified atom stereocenters. The predicted molar refractivity (Wildman–Crippen MR) is 127 cm³/mol. The van der Waals surface area contributed by atoms with Gasteiger partial charge in [-0.1, -0.05) is 60.7 Å². The van der Waals surface area contributed by atoms with Crippen LogP contribution < -0.4 is 14.2 Å². The van der Waals surface area contributed by atoms with Crippen LogP contribution in [-0.4, -0.2) is 34.2 Å². The number of methoxy groups -OCH3 is 2. The SMILES string of the molecule is COc1cccc(C(CNS(=O)(=O)Cc2ccccc2)c2c[nH]c3ccccc23)c1OC. The zero-order valence-corrected chi connectivity index (χ0v) is 18.9. The first kappa shape index (κ1) is 21.9. The van der Waals surface area contributed by atoms with Gasteiger partial charge in [-0.05, 0) is 23.3 Å². The van der Waals surface area contributed by atoms with Crippen LogP contribution >= 0.6 is 0 Å². The molecule has 0 amide bonds. The maximum Gasteiger partial charge on any atom is 0.215 e. The second kappa shape index (κ2) is 9.46. The highest BCUT2D eigenvalue weighted by atomic mass is 32.2. The molecule has 4 rings (SSSR count). The number of rotatable bonds is 9. The molecular weight excluding hydrogens is 424 g/mol. The van der Waals surface area contributed by atoms with Gasteiger partial charge in [0.15, 0.2) is 11.5 Å². The van der Waals surface area contributed by atoms with Gasteiger partial charge in [-0.25, -0.2) is 13.1 Å². The van der Waals surface area contributed by atoms with Crippen LogP contribution in [0.1, 0.15) is 22.6 Å². The Morgan fingerprint density at radius 1 is 0.875 bits per heavy atom. The number of H-pyrrole nitrogens is 1. The molecule has 0 aliphatic heterocycles. The van der Waals surface area contributed by atoms with Crippen molar-refractivity contribution < 1.29 is 17.9 Å². The number of aromatic amines is 1. The fourth-order valence-corrected chi connectivity index (χ4v) is 5.17. The summed E-state index contributed by atoms with van der Waals surface area (Å²) in [6.45, 7) is 0.181. The molecular formula is C25H26N2O4S. The first-order valence-electron chi connectivity index (χ1n) is 10.3. The number of benzene rings is 3. The lowest BCUT2D eigenvalue weighted by atomic mass is 9.90. The van der Waals surface area contributed by atoms with E-state index in [2.05, 4.69) is 9.71 Å². The standard InChI is InChI=1S/C25H26N2O4S/c1-30-24-14-8-12-20(25(24)31-2)22(21-15-26-23-13-7-6-11-19(21)23)16-27-32(28,29)17-18-9-4-3-5-10-18/h3-15,22,26-27H,16-17H2,1-2H3. The van der Waals surface area contributed by atoms with Gasteiger partial charge in [0, 0.05) is 35.1 Å². The molecule has 1 atom stereocenters. The highest BCUT2D eigenvalue weighted by Crippen LogP contribution is 2.40. The average Bonchev–Trinajstić information content (AvgIpc) is 3.23. The zero-order valence-electron chi connectivity index (χ0n) is 18.0. The van der Waals surface area contributed by atoms with Gasteiger partial charge in [-0.3, -0.25) is 0 Å². The number of para-hydroxylation sites is 2. The van der Waals surface area contributed by atoms with Crippen molar-refractivity contribution in [1.29, 1.82) is 0 Å². The van der Waals surface area contributed by atoms with Crippen LogP contribution in [0.15, 0.2) is 79.0 Å². The van der Waals surface area contributed by atoms with Crippen LogP contribution in [-0.2, 0) is 15.8 Å². The maximum absolute atomic E-state index is 12.9. The Balaban J connectivity index is 1.72. The van der Waals surface area contributed by atoms with E-state index in [1.807, 2.05) is 79.0 Å². The minimum atomic E-state index is -3.55. The first-order valence-corrected chi connectivity index (χ1v) is 12.0. The molecule has 7 heteroatoms. The molecule has 166 valence electrons. The highest BCUT2D eigenvalue weighted by Gasteiger charge is 2.25. The van der Waals surface area contributed by atoms with E-state index in [9.17, 15) is 8.42 Å². The van der Waals surface area contributed by atoms with Crippen molar-refractivity contribution in [3.8, 4) is 11.5 Å². The minimum absolute atomic E-state index is 0.0797. The van der Waals surface area contributed by atoms with Gasteiger partial charge in [0.05, 0.1) is 20.0 Å². The summed E-state index contributed by atoms with van der Waals surface area (Å²) >= 11 is 0. The molecule has 4 aromatic rings. The van der Waals surface area contributed by atoms with Gasteiger partial charge in [0.1, 0.15) is 0 Å². The van der Waals surface area contributed by atoms with Gasteiger partial charge >= 0.3 is 0 Å². The van der Waals surface area contributed by atoms with Crippen LogP contribution in [0, 0.1) is 0 Å². The normalized spacial score (nSPS) is 12.6. The maximum atomic E-state index is 12.9. The number of aromatic nitrogens is 1. The number of sulfonamides is 1. The molecule has 0 fully saturated rings. The molecule has 32 heavy (non-hydrogen) atoms. The van der Waals surface area contributed by atoms with E-state index in [0.29, 0.717) is 11.5 Å². The van der Waals surface area contributed by atoms with E-state index in [4.69, 9.17) is 9.47 Å². The Bertz CT molecular complexity index is 1300. The van der Waals surface area contributed by atoms with Gasteiger partial charge < -0.3 is 14.5 Å². The van der Waals surface area contributed by atoms with Crippen molar-refractivity contribution in [3.05, 3.63) is 95.7 Å². The summed E-state index contributed by atoms with van der Waals surface area (Å²) in [7, 11) is -0.371. The number of fused-ring (bicyclic) bond motifs is 1. The van der Waals surface area contributed by atoms with E-state index in [1.54, 1.807) is 14.2 Å².